The summed E-state index contributed by atoms with van der Waals surface area (Å²) in [6.07, 6.45) is 1.65. The monoisotopic (exact) mass is 399 g/mol. The lowest BCUT2D eigenvalue weighted by molar-refractivity contribution is 0.0940. The van der Waals surface area contributed by atoms with E-state index in [4.69, 9.17) is 9.40 Å². The van der Waals surface area contributed by atoms with E-state index in [0.29, 0.717) is 12.1 Å². The van der Waals surface area contributed by atoms with E-state index >= 15 is 0 Å². The van der Waals surface area contributed by atoms with Crippen LogP contribution in [0.25, 0.3) is 22.2 Å². The van der Waals surface area contributed by atoms with Gasteiger partial charge in [0, 0.05) is 17.5 Å². The van der Waals surface area contributed by atoms with Gasteiger partial charge in [-0.25, -0.2) is 4.98 Å². The first kappa shape index (κ1) is 19.9. The highest BCUT2D eigenvalue weighted by molar-refractivity contribution is 6.07. The maximum absolute atomic E-state index is 13.3. The summed E-state index contributed by atoms with van der Waals surface area (Å²) < 4.78 is 5.55. The SMILES string of the molecule is Cc1ccc2nc(-c3ccccc3)cc(C(=O)NC[C@@H](c3ccco3)N(C)C)c2c1. The number of pyridine rings is 1. The summed E-state index contributed by atoms with van der Waals surface area (Å²) >= 11 is 0. The average Bonchev–Trinajstić information content (AvgIpc) is 3.28. The maximum Gasteiger partial charge on any atom is 0.252 e. The molecule has 0 aliphatic heterocycles. The molecule has 0 aliphatic rings. The minimum absolute atomic E-state index is 0.0487. The summed E-state index contributed by atoms with van der Waals surface area (Å²) in [7, 11) is 3.94. The molecule has 0 radical (unpaired) electrons. The molecule has 5 nitrogen and oxygen atoms in total. The van der Waals surface area contributed by atoms with Gasteiger partial charge < -0.3 is 9.73 Å². The van der Waals surface area contributed by atoms with E-state index in [1.54, 1.807) is 6.26 Å². The average molecular weight is 399 g/mol. The highest BCUT2D eigenvalue weighted by Gasteiger charge is 2.20. The second-order valence-electron chi connectivity index (χ2n) is 7.65. The van der Waals surface area contributed by atoms with Crippen LogP contribution in [-0.4, -0.2) is 36.4 Å². The molecule has 30 heavy (non-hydrogen) atoms. The van der Waals surface area contributed by atoms with E-state index in [1.165, 1.54) is 0 Å². The van der Waals surface area contributed by atoms with Crippen LogP contribution in [0.5, 0.6) is 0 Å². The molecular weight excluding hydrogens is 374 g/mol. The summed E-state index contributed by atoms with van der Waals surface area (Å²) in [4.78, 5) is 20.1. The third-order valence-corrected chi connectivity index (χ3v) is 5.23. The number of rotatable bonds is 6. The van der Waals surface area contributed by atoms with Gasteiger partial charge in [0.15, 0.2) is 0 Å². The van der Waals surface area contributed by atoms with Crippen molar-refractivity contribution < 1.29 is 9.21 Å². The van der Waals surface area contributed by atoms with E-state index in [2.05, 4.69) is 5.32 Å². The molecule has 0 fully saturated rings. The Labute approximate surface area is 176 Å². The first-order chi connectivity index (χ1) is 14.5. The molecule has 2 aromatic carbocycles. The zero-order valence-electron chi connectivity index (χ0n) is 17.4. The highest BCUT2D eigenvalue weighted by Crippen LogP contribution is 2.26. The zero-order valence-corrected chi connectivity index (χ0v) is 17.4. The number of fused-ring (bicyclic) bond motifs is 1. The van der Waals surface area contributed by atoms with Crippen LogP contribution in [0.3, 0.4) is 0 Å². The Balaban J connectivity index is 1.69. The molecule has 1 N–H and O–H groups in total. The molecule has 2 aromatic heterocycles. The summed E-state index contributed by atoms with van der Waals surface area (Å²) in [6.45, 7) is 2.46. The van der Waals surface area contributed by atoms with Crippen molar-refractivity contribution in [1.29, 1.82) is 0 Å². The van der Waals surface area contributed by atoms with E-state index in [9.17, 15) is 4.79 Å². The predicted molar refractivity (Wildman–Crippen MR) is 119 cm³/mol. The van der Waals surface area contributed by atoms with Gasteiger partial charge in [0.1, 0.15) is 5.76 Å². The maximum atomic E-state index is 13.3. The highest BCUT2D eigenvalue weighted by atomic mass is 16.3. The number of aromatic nitrogens is 1. The Morgan fingerprint density at radius 1 is 1.07 bits per heavy atom. The number of carbonyl (C=O) groups is 1. The number of benzene rings is 2. The largest absolute Gasteiger partial charge is 0.468 e. The van der Waals surface area contributed by atoms with Gasteiger partial charge in [0.2, 0.25) is 0 Å². The predicted octanol–water partition coefficient (Wildman–Crippen LogP) is 4.84. The number of nitrogens with one attached hydrogen (secondary N) is 1. The fraction of sp³-hybridized carbons (Fsp3) is 0.200. The quantitative estimate of drug-likeness (QED) is 0.504. The molecule has 1 atom stereocenters. The molecule has 4 rings (SSSR count). The third kappa shape index (κ3) is 4.11. The van der Waals surface area contributed by atoms with Crippen molar-refractivity contribution in [2.24, 2.45) is 0 Å². The van der Waals surface area contributed by atoms with Crippen molar-refractivity contribution in [3.8, 4) is 11.3 Å². The van der Waals surface area contributed by atoms with Crippen LogP contribution in [0.2, 0.25) is 0 Å². The number of furan rings is 1. The molecule has 0 spiro atoms. The lowest BCUT2D eigenvalue weighted by atomic mass is 10.0. The Morgan fingerprint density at radius 3 is 2.57 bits per heavy atom. The fourth-order valence-electron chi connectivity index (χ4n) is 3.59. The number of nitrogens with zero attached hydrogens (tertiary/aromatic N) is 2. The van der Waals surface area contributed by atoms with Crippen molar-refractivity contribution in [2.45, 2.75) is 13.0 Å². The van der Waals surface area contributed by atoms with E-state index in [0.717, 1.165) is 33.5 Å². The number of aryl methyl sites for hydroxylation is 1. The van der Waals surface area contributed by atoms with Crippen molar-refractivity contribution >= 4 is 16.8 Å². The third-order valence-electron chi connectivity index (χ3n) is 5.23. The standard InChI is InChI=1S/C25H25N3O2/c1-17-11-12-21-19(14-17)20(15-22(27-21)18-8-5-4-6-9-18)25(29)26-16-23(28(2)3)24-10-7-13-30-24/h4-15,23H,16H2,1-3H3,(H,26,29)/t23-/m0/s1. The number of hydrogen-bond acceptors (Lipinski definition) is 4. The molecule has 0 saturated heterocycles. The van der Waals surface area contributed by atoms with E-state index < -0.39 is 0 Å². The van der Waals surface area contributed by atoms with Gasteiger partial charge in [-0.3, -0.25) is 9.69 Å². The molecule has 5 heteroatoms. The van der Waals surface area contributed by atoms with Gasteiger partial charge in [0.05, 0.1) is 29.1 Å². The van der Waals surface area contributed by atoms with Crippen LogP contribution < -0.4 is 5.32 Å². The molecule has 152 valence electrons. The molecule has 0 unspecified atom stereocenters. The van der Waals surface area contributed by atoms with Crippen molar-refractivity contribution in [3.05, 3.63) is 89.9 Å². The lowest BCUT2D eigenvalue weighted by Gasteiger charge is -2.22. The lowest BCUT2D eigenvalue weighted by Crippen LogP contribution is -2.34. The van der Waals surface area contributed by atoms with Crippen molar-refractivity contribution in [1.82, 2.24) is 15.2 Å². The van der Waals surface area contributed by atoms with E-state index in [-0.39, 0.29) is 11.9 Å². The first-order valence-electron chi connectivity index (χ1n) is 9.98. The number of likely N-dealkylation sites (N-methyl/N-ethyl adjacent to an activating group) is 1. The molecule has 0 aliphatic carbocycles. The number of amides is 1. The zero-order chi connectivity index (χ0) is 21.1. The minimum Gasteiger partial charge on any atom is -0.468 e. The second-order valence-corrected chi connectivity index (χ2v) is 7.65. The summed E-state index contributed by atoms with van der Waals surface area (Å²) in [5, 5.41) is 3.94. The van der Waals surface area contributed by atoms with Crippen molar-refractivity contribution in [2.75, 3.05) is 20.6 Å². The van der Waals surface area contributed by atoms with Crippen LogP contribution >= 0.6 is 0 Å². The van der Waals surface area contributed by atoms with Crippen LogP contribution in [0, 0.1) is 6.92 Å². The summed E-state index contributed by atoms with van der Waals surface area (Å²) in [6, 6.07) is 21.5. The number of carbonyl (C=O) groups excluding carboxylic acids is 1. The Morgan fingerprint density at radius 2 is 1.87 bits per heavy atom. The fourth-order valence-corrected chi connectivity index (χ4v) is 3.59. The number of hydrogen-bond donors (Lipinski definition) is 1. The Kier molecular flexibility index (Phi) is 5.63. The molecule has 1 amide bonds. The topological polar surface area (TPSA) is 58.4 Å². The first-order valence-corrected chi connectivity index (χ1v) is 9.98. The van der Waals surface area contributed by atoms with Crippen molar-refractivity contribution in [3.63, 3.8) is 0 Å². The van der Waals surface area contributed by atoms with Gasteiger partial charge in [-0.05, 0) is 51.4 Å². The molecule has 0 saturated carbocycles. The van der Waals surface area contributed by atoms with Gasteiger partial charge in [0.25, 0.3) is 5.91 Å². The Hall–Kier alpha value is -3.44. The molecule has 4 aromatic rings. The Bertz CT molecular complexity index is 1150. The van der Waals surface area contributed by atoms with Crippen LogP contribution in [0.1, 0.15) is 27.7 Å². The summed E-state index contributed by atoms with van der Waals surface area (Å²) in [5.41, 5.74) is 4.29. The van der Waals surface area contributed by atoms with Gasteiger partial charge in [-0.15, -0.1) is 0 Å². The van der Waals surface area contributed by atoms with Crippen LogP contribution in [0.4, 0.5) is 0 Å². The van der Waals surface area contributed by atoms with Crippen LogP contribution in [0.15, 0.2) is 77.4 Å². The van der Waals surface area contributed by atoms with Gasteiger partial charge >= 0.3 is 0 Å². The second kappa shape index (κ2) is 8.51. The minimum atomic E-state index is -0.122. The summed E-state index contributed by atoms with van der Waals surface area (Å²) in [5.74, 6) is 0.698. The smallest absolute Gasteiger partial charge is 0.252 e. The molecule has 2 heterocycles. The molecular formula is C25H25N3O2. The van der Waals surface area contributed by atoms with E-state index in [1.807, 2.05) is 92.6 Å². The van der Waals surface area contributed by atoms with Crippen LogP contribution in [-0.2, 0) is 0 Å². The van der Waals surface area contributed by atoms with Gasteiger partial charge in [-0.2, -0.15) is 0 Å². The molecule has 0 bridgehead atoms. The van der Waals surface area contributed by atoms with Gasteiger partial charge in [-0.1, -0.05) is 42.0 Å². The normalized spacial score (nSPS) is 12.3.